The van der Waals surface area contributed by atoms with Gasteiger partial charge in [-0.2, -0.15) is 0 Å². The minimum Gasteiger partial charge on any atom is -0.483 e. The van der Waals surface area contributed by atoms with Gasteiger partial charge in [-0.25, -0.2) is 0 Å². The Morgan fingerprint density at radius 2 is 1.69 bits per heavy atom. The number of benzene rings is 3. The number of fused-ring (bicyclic) bond motifs is 1. The molecule has 0 aliphatic rings. The molecule has 5 nitrogen and oxygen atoms in total. The van der Waals surface area contributed by atoms with E-state index >= 15 is 0 Å². The fraction of sp³-hybridized carbons (Fsp3) is 0.333. The first-order valence-electron chi connectivity index (χ1n) is 11.3. The second-order valence-electron chi connectivity index (χ2n) is 7.93. The molecule has 5 heteroatoms. The van der Waals surface area contributed by atoms with E-state index in [-0.39, 0.29) is 18.4 Å². The molecule has 0 bridgehead atoms. The highest BCUT2D eigenvalue weighted by Gasteiger charge is 2.29. The molecule has 0 fully saturated rings. The topological polar surface area (TPSA) is 58.6 Å². The lowest BCUT2D eigenvalue weighted by molar-refractivity contribution is -0.142. The number of rotatable bonds is 10. The van der Waals surface area contributed by atoms with E-state index in [9.17, 15) is 9.59 Å². The fourth-order valence-electron chi connectivity index (χ4n) is 3.80. The number of nitrogens with one attached hydrogen (secondary N) is 1. The molecule has 1 N–H and O–H groups in total. The maximum atomic E-state index is 13.4. The van der Waals surface area contributed by atoms with Crippen molar-refractivity contribution in [3.05, 3.63) is 77.9 Å². The quantitative estimate of drug-likeness (QED) is 0.498. The lowest BCUT2D eigenvalue weighted by Gasteiger charge is -2.31. The molecule has 0 aliphatic heterocycles. The Labute approximate surface area is 190 Å². The standard InChI is InChI=1S/C27H32N2O3/c1-4-17-28-27(31)24(5-2)29(18-22-13-7-6-11-20(22)3)26(30)19-32-25-16-10-14-21-12-8-9-15-23(21)25/h6-16,24H,4-5,17-19H2,1-3H3,(H,28,31)/t24-/m0/s1. The number of hydrogen-bond donors (Lipinski definition) is 1. The van der Waals surface area contributed by atoms with E-state index < -0.39 is 6.04 Å². The zero-order valence-corrected chi connectivity index (χ0v) is 19.1. The third kappa shape index (κ3) is 5.67. The van der Waals surface area contributed by atoms with E-state index in [1.807, 2.05) is 87.5 Å². The Hall–Kier alpha value is -3.34. The van der Waals surface area contributed by atoms with Crippen molar-refractivity contribution in [2.24, 2.45) is 0 Å². The Balaban J connectivity index is 1.83. The molecular weight excluding hydrogens is 400 g/mol. The minimum atomic E-state index is -0.551. The molecule has 0 spiro atoms. The molecule has 32 heavy (non-hydrogen) atoms. The largest absolute Gasteiger partial charge is 0.483 e. The van der Waals surface area contributed by atoms with Crippen molar-refractivity contribution >= 4 is 22.6 Å². The summed E-state index contributed by atoms with van der Waals surface area (Å²) in [6.07, 6.45) is 1.37. The first kappa shape index (κ1) is 23.3. The normalized spacial score (nSPS) is 11.7. The Bertz CT molecular complexity index is 1060. The molecule has 2 amide bonds. The number of nitrogens with zero attached hydrogens (tertiary/aromatic N) is 1. The van der Waals surface area contributed by atoms with Gasteiger partial charge in [-0.15, -0.1) is 0 Å². The Morgan fingerprint density at radius 1 is 0.969 bits per heavy atom. The van der Waals surface area contributed by atoms with Crippen molar-refractivity contribution in [1.29, 1.82) is 0 Å². The molecule has 0 saturated heterocycles. The van der Waals surface area contributed by atoms with Gasteiger partial charge >= 0.3 is 0 Å². The second-order valence-corrected chi connectivity index (χ2v) is 7.93. The van der Waals surface area contributed by atoms with Gasteiger partial charge in [-0.3, -0.25) is 9.59 Å². The van der Waals surface area contributed by atoms with Crippen molar-refractivity contribution in [3.8, 4) is 5.75 Å². The first-order valence-corrected chi connectivity index (χ1v) is 11.3. The van der Waals surface area contributed by atoms with Crippen LogP contribution in [0.2, 0.25) is 0 Å². The average Bonchev–Trinajstić information content (AvgIpc) is 2.82. The molecule has 0 aliphatic carbocycles. The number of ether oxygens (including phenoxy) is 1. The average molecular weight is 433 g/mol. The van der Waals surface area contributed by atoms with Crippen molar-refractivity contribution in [2.75, 3.05) is 13.2 Å². The van der Waals surface area contributed by atoms with Crippen LogP contribution >= 0.6 is 0 Å². The molecule has 0 aromatic heterocycles. The highest BCUT2D eigenvalue weighted by molar-refractivity contribution is 5.90. The van der Waals surface area contributed by atoms with Crippen molar-refractivity contribution < 1.29 is 14.3 Å². The molecule has 0 unspecified atom stereocenters. The molecule has 3 rings (SSSR count). The van der Waals surface area contributed by atoms with E-state index in [4.69, 9.17) is 4.74 Å². The molecule has 168 valence electrons. The molecular formula is C27H32N2O3. The number of amides is 2. The maximum absolute atomic E-state index is 13.4. The van der Waals surface area contributed by atoms with Gasteiger partial charge in [0, 0.05) is 18.5 Å². The van der Waals surface area contributed by atoms with Gasteiger partial charge < -0.3 is 15.0 Å². The lowest BCUT2D eigenvalue weighted by Crippen LogP contribution is -2.50. The van der Waals surface area contributed by atoms with Gasteiger partial charge in [0.25, 0.3) is 5.91 Å². The summed E-state index contributed by atoms with van der Waals surface area (Å²) in [6.45, 7) is 6.78. The summed E-state index contributed by atoms with van der Waals surface area (Å²) in [5.74, 6) is 0.330. The van der Waals surface area contributed by atoms with E-state index in [2.05, 4.69) is 5.32 Å². The minimum absolute atomic E-state index is 0.124. The van der Waals surface area contributed by atoms with Crippen LogP contribution in [-0.2, 0) is 16.1 Å². The van der Waals surface area contributed by atoms with Crippen LogP contribution in [0.4, 0.5) is 0 Å². The van der Waals surface area contributed by atoms with Crippen molar-refractivity contribution in [3.63, 3.8) is 0 Å². The summed E-state index contributed by atoms with van der Waals surface area (Å²) in [5, 5.41) is 4.96. The molecule has 1 atom stereocenters. The summed E-state index contributed by atoms with van der Waals surface area (Å²) in [6, 6.07) is 21.1. The summed E-state index contributed by atoms with van der Waals surface area (Å²) in [4.78, 5) is 27.9. The van der Waals surface area contributed by atoms with E-state index in [1.165, 1.54) is 0 Å². The summed E-state index contributed by atoms with van der Waals surface area (Å²) in [5.41, 5.74) is 2.11. The molecule has 3 aromatic rings. The van der Waals surface area contributed by atoms with E-state index in [0.717, 1.165) is 28.3 Å². The molecule has 0 radical (unpaired) electrons. The van der Waals surface area contributed by atoms with Gasteiger partial charge in [0.15, 0.2) is 6.61 Å². The van der Waals surface area contributed by atoms with Gasteiger partial charge in [-0.05, 0) is 42.3 Å². The highest BCUT2D eigenvalue weighted by Crippen LogP contribution is 2.25. The van der Waals surface area contributed by atoms with Crippen LogP contribution in [0.1, 0.15) is 37.8 Å². The van der Waals surface area contributed by atoms with Crippen LogP contribution in [0, 0.1) is 6.92 Å². The smallest absolute Gasteiger partial charge is 0.261 e. The van der Waals surface area contributed by atoms with Crippen molar-refractivity contribution in [1.82, 2.24) is 10.2 Å². The third-order valence-electron chi connectivity index (χ3n) is 5.64. The first-order chi connectivity index (χ1) is 15.5. The van der Waals surface area contributed by atoms with Gasteiger partial charge in [0.05, 0.1) is 0 Å². The lowest BCUT2D eigenvalue weighted by atomic mass is 10.1. The van der Waals surface area contributed by atoms with E-state index in [0.29, 0.717) is 25.3 Å². The van der Waals surface area contributed by atoms with Crippen LogP contribution in [0.15, 0.2) is 66.7 Å². The van der Waals surface area contributed by atoms with E-state index in [1.54, 1.807) is 4.90 Å². The number of hydrogen-bond acceptors (Lipinski definition) is 3. The zero-order chi connectivity index (χ0) is 22.9. The maximum Gasteiger partial charge on any atom is 0.261 e. The molecule has 0 saturated carbocycles. The highest BCUT2D eigenvalue weighted by atomic mass is 16.5. The number of aryl methyl sites for hydroxylation is 1. The van der Waals surface area contributed by atoms with Gasteiger partial charge in [-0.1, -0.05) is 74.5 Å². The predicted octanol–water partition coefficient (Wildman–Crippen LogP) is 4.86. The summed E-state index contributed by atoms with van der Waals surface area (Å²) in [7, 11) is 0. The number of carbonyl (C=O) groups is 2. The van der Waals surface area contributed by atoms with Crippen LogP contribution in [-0.4, -0.2) is 35.9 Å². The second kappa shape index (κ2) is 11.3. The third-order valence-corrected chi connectivity index (χ3v) is 5.64. The summed E-state index contributed by atoms with van der Waals surface area (Å²) < 4.78 is 5.96. The van der Waals surface area contributed by atoms with Crippen LogP contribution in [0.5, 0.6) is 5.75 Å². The molecule has 0 heterocycles. The SMILES string of the molecule is CCCNC(=O)[C@H](CC)N(Cc1ccccc1C)C(=O)COc1cccc2ccccc12. The van der Waals surface area contributed by atoms with Crippen LogP contribution in [0.3, 0.4) is 0 Å². The summed E-state index contributed by atoms with van der Waals surface area (Å²) >= 11 is 0. The number of carbonyl (C=O) groups excluding carboxylic acids is 2. The van der Waals surface area contributed by atoms with Gasteiger partial charge in [0.2, 0.25) is 5.91 Å². The van der Waals surface area contributed by atoms with Crippen LogP contribution < -0.4 is 10.1 Å². The monoisotopic (exact) mass is 432 g/mol. The fourth-order valence-corrected chi connectivity index (χ4v) is 3.80. The van der Waals surface area contributed by atoms with Crippen LogP contribution in [0.25, 0.3) is 10.8 Å². The molecule has 3 aromatic carbocycles. The van der Waals surface area contributed by atoms with Crippen molar-refractivity contribution in [2.45, 2.75) is 46.2 Å². The zero-order valence-electron chi connectivity index (χ0n) is 19.1. The Morgan fingerprint density at radius 3 is 2.44 bits per heavy atom. The van der Waals surface area contributed by atoms with Gasteiger partial charge in [0.1, 0.15) is 11.8 Å². The predicted molar refractivity (Wildman–Crippen MR) is 129 cm³/mol. The Kier molecular flexibility index (Phi) is 8.26.